The quantitative estimate of drug-likeness (QED) is 0.787. The number of carbonyl (C=O) groups is 1. The molecular weight excluding hydrogens is 358 g/mol. The van der Waals surface area contributed by atoms with Crippen molar-refractivity contribution in [2.24, 2.45) is 0 Å². The molecule has 1 fully saturated rings. The Morgan fingerprint density at radius 3 is 2.50 bits per heavy atom. The molecule has 1 saturated heterocycles. The molecule has 1 unspecified atom stereocenters. The molecule has 7 heteroatoms. The monoisotopic (exact) mass is 385 g/mol. The van der Waals surface area contributed by atoms with Gasteiger partial charge in [0, 0.05) is 37.6 Å². The van der Waals surface area contributed by atoms with Gasteiger partial charge in [-0.2, -0.15) is 0 Å². The molecule has 1 aliphatic rings. The fraction of sp³-hybridized carbons (Fsp3) is 0.381. The van der Waals surface area contributed by atoms with E-state index in [0.717, 1.165) is 31.6 Å². The number of urea groups is 1. The van der Waals surface area contributed by atoms with E-state index in [1.54, 1.807) is 39.5 Å². The second-order valence-electron chi connectivity index (χ2n) is 6.64. The summed E-state index contributed by atoms with van der Waals surface area (Å²) < 4.78 is 16.0. The number of benzene rings is 2. The van der Waals surface area contributed by atoms with Gasteiger partial charge in [0.1, 0.15) is 11.5 Å². The zero-order valence-corrected chi connectivity index (χ0v) is 16.5. The van der Waals surface area contributed by atoms with E-state index in [1.807, 2.05) is 24.3 Å². The number of nitrogens with one attached hydrogen (secondary N) is 2. The van der Waals surface area contributed by atoms with Gasteiger partial charge in [-0.1, -0.05) is 0 Å². The molecule has 0 aliphatic carbocycles. The van der Waals surface area contributed by atoms with E-state index in [1.165, 1.54) is 0 Å². The van der Waals surface area contributed by atoms with Gasteiger partial charge >= 0.3 is 6.03 Å². The van der Waals surface area contributed by atoms with Crippen molar-refractivity contribution < 1.29 is 19.0 Å². The Kier molecular flexibility index (Phi) is 6.60. The smallest absolute Gasteiger partial charge is 0.323 e. The van der Waals surface area contributed by atoms with Crippen LogP contribution in [0.2, 0.25) is 0 Å². The minimum atomic E-state index is -0.339. The molecule has 0 bridgehead atoms. The molecule has 3 rings (SSSR count). The van der Waals surface area contributed by atoms with E-state index in [9.17, 15) is 4.79 Å². The Balaban J connectivity index is 1.60. The summed E-state index contributed by atoms with van der Waals surface area (Å²) in [5, 5.41) is 5.64. The van der Waals surface area contributed by atoms with E-state index >= 15 is 0 Å². The normalized spacial score (nSPS) is 16.4. The first-order valence-corrected chi connectivity index (χ1v) is 9.30. The van der Waals surface area contributed by atoms with E-state index in [4.69, 9.17) is 14.2 Å². The fourth-order valence-corrected chi connectivity index (χ4v) is 3.31. The van der Waals surface area contributed by atoms with Crippen molar-refractivity contribution in [1.29, 1.82) is 0 Å². The van der Waals surface area contributed by atoms with Gasteiger partial charge in [-0.3, -0.25) is 0 Å². The lowest BCUT2D eigenvalue weighted by Gasteiger charge is -2.33. The van der Waals surface area contributed by atoms with E-state index < -0.39 is 0 Å². The van der Waals surface area contributed by atoms with Crippen LogP contribution in [0.3, 0.4) is 0 Å². The van der Waals surface area contributed by atoms with Crippen LogP contribution in [0.1, 0.15) is 12.8 Å². The maximum absolute atomic E-state index is 12.3. The number of carbonyl (C=O) groups excluding carboxylic acids is 1. The minimum Gasteiger partial charge on any atom is -0.497 e. The Bertz CT molecular complexity index is 795. The fourth-order valence-electron chi connectivity index (χ4n) is 3.31. The third-order valence-corrected chi connectivity index (χ3v) is 4.86. The number of rotatable bonds is 6. The van der Waals surface area contributed by atoms with E-state index in [2.05, 4.69) is 15.5 Å². The molecule has 2 amide bonds. The lowest BCUT2D eigenvalue weighted by atomic mass is 10.1. The largest absolute Gasteiger partial charge is 0.497 e. The SMILES string of the molecule is COc1ccc(NC(=O)Nc2ccc(N3CCCC(OC)C3)cc2)c(OC)c1. The highest BCUT2D eigenvalue weighted by Gasteiger charge is 2.19. The van der Waals surface area contributed by atoms with Crippen LogP contribution in [-0.4, -0.2) is 46.6 Å². The third kappa shape index (κ3) is 4.86. The number of nitrogens with zero attached hydrogens (tertiary/aromatic N) is 1. The third-order valence-electron chi connectivity index (χ3n) is 4.86. The van der Waals surface area contributed by atoms with E-state index in [-0.39, 0.29) is 12.1 Å². The van der Waals surface area contributed by atoms with Gasteiger partial charge in [0.2, 0.25) is 0 Å². The minimum absolute atomic E-state index is 0.275. The van der Waals surface area contributed by atoms with Crippen LogP contribution in [0.4, 0.5) is 21.9 Å². The van der Waals surface area contributed by atoms with Gasteiger partial charge in [0.15, 0.2) is 0 Å². The predicted octanol–water partition coefficient (Wildman–Crippen LogP) is 3.96. The van der Waals surface area contributed by atoms with E-state index in [0.29, 0.717) is 22.9 Å². The highest BCUT2D eigenvalue weighted by Crippen LogP contribution is 2.29. The molecule has 1 atom stereocenters. The highest BCUT2D eigenvalue weighted by molar-refractivity contribution is 6.00. The molecule has 1 aliphatic heterocycles. The standard InChI is InChI=1S/C21H27N3O4/c1-26-17-10-11-19(20(13-17)28-3)23-21(25)22-15-6-8-16(9-7-15)24-12-4-5-18(14-24)27-2/h6-11,13,18H,4-5,12,14H2,1-3H3,(H2,22,23,25). The Morgan fingerprint density at radius 1 is 1.04 bits per heavy atom. The summed E-state index contributed by atoms with van der Waals surface area (Å²) in [5.41, 5.74) is 2.41. The Hall–Kier alpha value is -2.93. The molecule has 2 N–H and O–H groups in total. The number of ether oxygens (including phenoxy) is 3. The summed E-state index contributed by atoms with van der Waals surface area (Å²) in [6.07, 6.45) is 2.49. The van der Waals surface area contributed by atoms with Gasteiger partial charge in [-0.15, -0.1) is 0 Å². The van der Waals surface area contributed by atoms with Crippen molar-refractivity contribution in [2.75, 3.05) is 50.0 Å². The second kappa shape index (κ2) is 9.32. The Labute approximate surface area is 165 Å². The van der Waals surface area contributed by atoms with Crippen molar-refractivity contribution >= 4 is 23.1 Å². The first-order valence-electron chi connectivity index (χ1n) is 9.30. The molecule has 0 aromatic heterocycles. The molecule has 0 saturated carbocycles. The van der Waals surface area contributed by atoms with Crippen LogP contribution in [0, 0.1) is 0 Å². The Morgan fingerprint density at radius 2 is 1.82 bits per heavy atom. The van der Waals surface area contributed by atoms with Crippen LogP contribution in [-0.2, 0) is 4.74 Å². The molecule has 2 aromatic rings. The lowest BCUT2D eigenvalue weighted by molar-refractivity contribution is 0.0893. The molecular formula is C21H27N3O4. The number of methoxy groups -OCH3 is 3. The van der Waals surface area contributed by atoms with Gasteiger partial charge in [-0.05, 0) is 49.2 Å². The van der Waals surface area contributed by atoms with Crippen LogP contribution in [0.15, 0.2) is 42.5 Å². The lowest BCUT2D eigenvalue weighted by Crippen LogP contribution is -2.39. The second-order valence-corrected chi connectivity index (χ2v) is 6.64. The average molecular weight is 385 g/mol. The summed E-state index contributed by atoms with van der Waals surface area (Å²) in [4.78, 5) is 14.6. The zero-order chi connectivity index (χ0) is 19.9. The summed E-state index contributed by atoms with van der Waals surface area (Å²) in [7, 11) is 4.89. The maximum atomic E-state index is 12.3. The van der Waals surface area contributed by atoms with Gasteiger partial charge in [0.25, 0.3) is 0 Å². The van der Waals surface area contributed by atoms with Crippen molar-refractivity contribution in [1.82, 2.24) is 0 Å². The van der Waals surface area contributed by atoms with Crippen molar-refractivity contribution in [3.63, 3.8) is 0 Å². The zero-order valence-electron chi connectivity index (χ0n) is 16.5. The molecule has 0 spiro atoms. The van der Waals surface area contributed by atoms with Crippen molar-refractivity contribution in [2.45, 2.75) is 18.9 Å². The number of hydrogen-bond donors (Lipinski definition) is 2. The van der Waals surface area contributed by atoms with Gasteiger partial charge < -0.3 is 29.7 Å². The summed E-state index contributed by atoms with van der Waals surface area (Å²) in [5.74, 6) is 1.19. The molecule has 2 aromatic carbocycles. The predicted molar refractivity (Wildman–Crippen MR) is 111 cm³/mol. The van der Waals surface area contributed by atoms with Crippen LogP contribution >= 0.6 is 0 Å². The summed E-state index contributed by atoms with van der Waals surface area (Å²) in [6.45, 7) is 1.91. The first-order chi connectivity index (χ1) is 13.6. The first kappa shape index (κ1) is 19.8. The summed E-state index contributed by atoms with van der Waals surface area (Å²) in [6, 6.07) is 12.7. The number of piperidine rings is 1. The van der Waals surface area contributed by atoms with Crippen LogP contribution in [0.25, 0.3) is 0 Å². The van der Waals surface area contributed by atoms with Crippen LogP contribution in [0.5, 0.6) is 11.5 Å². The number of hydrogen-bond acceptors (Lipinski definition) is 5. The molecule has 28 heavy (non-hydrogen) atoms. The summed E-state index contributed by atoms with van der Waals surface area (Å²) >= 11 is 0. The van der Waals surface area contributed by atoms with Crippen molar-refractivity contribution in [3.8, 4) is 11.5 Å². The van der Waals surface area contributed by atoms with Crippen molar-refractivity contribution in [3.05, 3.63) is 42.5 Å². The maximum Gasteiger partial charge on any atom is 0.323 e. The number of anilines is 3. The van der Waals surface area contributed by atoms with Gasteiger partial charge in [-0.25, -0.2) is 4.79 Å². The molecule has 7 nitrogen and oxygen atoms in total. The molecule has 0 radical (unpaired) electrons. The average Bonchev–Trinajstić information content (AvgIpc) is 2.74. The molecule has 1 heterocycles. The van der Waals surface area contributed by atoms with Gasteiger partial charge in [0.05, 0.1) is 26.0 Å². The van der Waals surface area contributed by atoms with Crippen LogP contribution < -0.4 is 25.0 Å². The molecule has 150 valence electrons. The highest BCUT2D eigenvalue weighted by atomic mass is 16.5. The number of amides is 2. The topological polar surface area (TPSA) is 72.1 Å².